The van der Waals surface area contributed by atoms with Gasteiger partial charge >= 0.3 is 0 Å². The lowest BCUT2D eigenvalue weighted by Crippen LogP contribution is -1.91. The highest BCUT2D eigenvalue weighted by molar-refractivity contribution is 5.77. The van der Waals surface area contributed by atoms with E-state index in [1.165, 1.54) is 12.1 Å². The molecule has 0 aliphatic rings. The number of aromatic amines is 1. The number of hydrogen-bond acceptors (Lipinski definition) is 4. The summed E-state index contributed by atoms with van der Waals surface area (Å²) in [7, 11) is 1.54. The molecule has 1 aromatic carbocycles. The maximum atomic E-state index is 13.1. The Hall–Kier alpha value is -2.63. The first-order valence-corrected chi connectivity index (χ1v) is 5.63. The number of methoxy groups -OCH3 is 1. The standard InChI is InChI=1S/C13H11FN4O/c1-19-11-5-4-10-13(17-11)18-12(16-10)7-2-3-8(14)9(15)6-7/h2-6H,15H2,1H3,(H,16,17,18). The van der Waals surface area contributed by atoms with Gasteiger partial charge in [0.15, 0.2) is 5.65 Å². The Balaban J connectivity index is 2.11. The molecule has 3 N–H and O–H groups in total. The number of nitrogen functional groups attached to an aromatic ring is 1. The molecule has 0 aliphatic heterocycles. The van der Waals surface area contributed by atoms with Crippen LogP contribution in [0.25, 0.3) is 22.6 Å². The Morgan fingerprint density at radius 1 is 1.21 bits per heavy atom. The van der Waals surface area contributed by atoms with Crippen molar-refractivity contribution in [3.8, 4) is 17.3 Å². The summed E-state index contributed by atoms with van der Waals surface area (Å²) in [5.74, 6) is 0.631. The van der Waals surface area contributed by atoms with Crippen molar-refractivity contribution in [2.45, 2.75) is 0 Å². The third-order valence-corrected chi connectivity index (χ3v) is 2.80. The summed E-state index contributed by atoms with van der Waals surface area (Å²) in [6, 6.07) is 8.02. The fourth-order valence-electron chi connectivity index (χ4n) is 1.82. The highest BCUT2D eigenvalue weighted by Crippen LogP contribution is 2.23. The van der Waals surface area contributed by atoms with Gasteiger partial charge in [-0.05, 0) is 24.3 Å². The number of ether oxygens (including phenoxy) is 1. The molecule has 19 heavy (non-hydrogen) atoms. The van der Waals surface area contributed by atoms with Crippen molar-refractivity contribution in [2.24, 2.45) is 0 Å². The second-order valence-electron chi connectivity index (χ2n) is 4.05. The second-order valence-corrected chi connectivity index (χ2v) is 4.05. The van der Waals surface area contributed by atoms with Crippen LogP contribution in [-0.2, 0) is 0 Å². The number of imidazole rings is 1. The van der Waals surface area contributed by atoms with Crippen LogP contribution in [0.2, 0.25) is 0 Å². The minimum Gasteiger partial charge on any atom is -0.481 e. The summed E-state index contributed by atoms with van der Waals surface area (Å²) < 4.78 is 18.2. The van der Waals surface area contributed by atoms with E-state index in [1.807, 2.05) is 6.07 Å². The van der Waals surface area contributed by atoms with Gasteiger partial charge in [-0.15, -0.1) is 0 Å². The number of rotatable bonds is 2. The smallest absolute Gasteiger partial charge is 0.215 e. The number of hydrogen-bond donors (Lipinski definition) is 2. The first-order valence-electron chi connectivity index (χ1n) is 5.63. The molecular weight excluding hydrogens is 247 g/mol. The number of pyridine rings is 1. The SMILES string of the molecule is COc1ccc2[nH]c(-c3ccc(F)c(N)c3)nc2n1. The Labute approximate surface area is 108 Å². The molecular formula is C13H11FN4O. The quantitative estimate of drug-likeness (QED) is 0.692. The van der Waals surface area contributed by atoms with Gasteiger partial charge in [-0.2, -0.15) is 4.98 Å². The highest BCUT2D eigenvalue weighted by Gasteiger charge is 2.09. The molecule has 5 nitrogen and oxygen atoms in total. The predicted octanol–water partition coefficient (Wildman–Crippen LogP) is 2.35. The lowest BCUT2D eigenvalue weighted by atomic mass is 10.2. The molecule has 0 fully saturated rings. The van der Waals surface area contributed by atoms with Gasteiger partial charge in [0, 0.05) is 11.6 Å². The average molecular weight is 258 g/mol. The van der Waals surface area contributed by atoms with Gasteiger partial charge in [0.1, 0.15) is 11.6 Å². The number of fused-ring (bicyclic) bond motifs is 1. The molecule has 0 saturated heterocycles. The average Bonchev–Trinajstić information content (AvgIpc) is 2.84. The second kappa shape index (κ2) is 4.24. The largest absolute Gasteiger partial charge is 0.481 e. The number of nitrogens with two attached hydrogens (primary N) is 1. The third kappa shape index (κ3) is 1.97. The van der Waals surface area contributed by atoms with Crippen LogP contribution < -0.4 is 10.5 Å². The molecule has 96 valence electrons. The van der Waals surface area contributed by atoms with Crippen molar-refractivity contribution in [3.05, 3.63) is 36.1 Å². The van der Waals surface area contributed by atoms with E-state index in [0.717, 1.165) is 5.52 Å². The van der Waals surface area contributed by atoms with Gasteiger partial charge < -0.3 is 15.5 Å². The molecule has 3 rings (SSSR count). The van der Waals surface area contributed by atoms with Crippen molar-refractivity contribution in [3.63, 3.8) is 0 Å². The molecule has 3 aromatic rings. The molecule has 0 atom stereocenters. The zero-order chi connectivity index (χ0) is 13.4. The van der Waals surface area contributed by atoms with Crippen LogP contribution >= 0.6 is 0 Å². The number of nitrogens with zero attached hydrogens (tertiary/aromatic N) is 2. The molecule has 2 heterocycles. The number of nitrogens with one attached hydrogen (secondary N) is 1. The summed E-state index contributed by atoms with van der Waals surface area (Å²) >= 11 is 0. The van der Waals surface area contributed by atoms with Crippen molar-refractivity contribution >= 4 is 16.9 Å². The summed E-state index contributed by atoms with van der Waals surface area (Å²) in [4.78, 5) is 11.7. The lowest BCUT2D eigenvalue weighted by molar-refractivity contribution is 0.399. The fourth-order valence-corrected chi connectivity index (χ4v) is 1.82. The summed E-state index contributed by atoms with van der Waals surface area (Å²) in [5.41, 5.74) is 7.65. The van der Waals surface area contributed by atoms with E-state index >= 15 is 0 Å². The van der Waals surface area contributed by atoms with Gasteiger partial charge in [-0.25, -0.2) is 9.37 Å². The van der Waals surface area contributed by atoms with Crippen LogP contribution in [0, 0.1) is 5.82 Å². The van der Waals surface area contributed by atoms with Crippen LogP contribution in [0.5, 0.6) is 5.88 Å². The fraction of sp³-hybridized carbons (Fsp3) is 0.0769. The lowest BCUT2D eigenvalue weighted by Gasteiger charge is -1.99. The van der Waals surface area contributed by atoms with E-state index in [4.69, 9.17) is 10.5 Å². The first kappa shape index (κ1) is 11.5. The van der Waals surface area contributed by atoms with Gasteiger partial charge in [0.25, 0.3) is 0 Å². The molecule has 2 aromatic heterocycles. The third-order valence-electron chi connectivity index (χ3n) is 2.80. The molecule has 0 radical (unpaired) electrons. The van der Waals surface area contributed by atoms with Gasteiger partial charge in [0.05, 0.1) is 18.3 Å². The molecule has 0 aliphatic carbocycles. The van der Waals surface area contributed by atoms with Crippen molar-refractivity contribution < 1.29 is 9.13 Å². The molecule has 0 bridgehead atoms. The normalized spacial score (nSPS) is 10.8. The van der Waals surface area contributed by atoms with E-state index in [2.05, 4.69) is 15.0 Å². The minimum absolute atomic E-state index is 0.0866. The summed E-state index contributed by atoms with van der Waals surface area (Å²) in [5, 5.41) is 0. The van der Waals surface area contributed by atoms with Crippen molar-refractivity contribution in [1.82, 2.24) is 15.0 Å². The predicted molar refractivity (Wildman–Crippen MR) is 70.2 cm³/mol. The van der Waals surface area contributed by atoms with Gasteiger partial charge in [-0.1, -0.05) is 0 Å². The zero-order valence-corrected chi connectivity index (χ0v) is 10.1. The topological polar surface area (TPSA) is 76.8 Å². The van der Waals surface area contributed by atoms with E-state index in [0.29, 0.717) is 22.9 Å². The van der Waals surface area contributed by atoms with E-state index < -0.39 is 5.82 Å². The molecule has 0 saturated carbocycles. The summed E-state index contributed by atoms with van der Waals surface area (Å²) in [6.45, 7) is 0. The van der Waals surface area contributed by atoms with Crippen LogP contribution in [0.15, 0.2) is 30.3 Å². The number of halogens is 1. The molecule has 6 heteroatoms. The minimum atomic E-state index is -0.445. The van der Waals surface area contributed by atoms with Gasteiger partial charge in [-0.3, -0.25) is 0 Å². The van der Waals surface area contributed by atoms with E-state index in [1.54, 1.807) is 19.2 Å². The molecule has 0 amide bonds. The Morgan fingerprint density at radius 2 is 2.05 bits per heavy atom. The number of benzene rings is 1. The number of aromatic nitrogens is 3. The number of anilines is 1. The van der Waals surface area contributed by atoms with Crippen molar-refractivity contribution in [1.29, 1.82) is 0 Å². The number of H-pyrrole nitrogens is 1. The Bertz CT molecular complexity index is 753. The Kier molecular flexibility index (Phi) is 2.56. The zero-order valence-electron chi connectivity index (χ0n) is 10.1. The van der Waals surface area contributed by atoms with Crippen LogP contribution in [0.3, 0.4) is 0 Å². The molecule has 0 spiro atoms. The first-order chi connectivity index (χ1) is 9.17. The highest BCUT2D eigenvalue weighted by atomic mass is 19.1. The van der Waals surface area contributed by atoms with Crippen LogP contribution in [-0.4, -0.2) is 22.1 Å². The van der Waals surface area contributed by atoms with E-state index in [-0.39, 0.29) is 5.69 Å². The van der Waals surface area contributed by atoms with Crippen molar-refractivity contribution in [2.75, 3.05) is 12.8 Å². The maximum Gasteiger partial charge on any atom is 0.215 e. The van der Waals surface area contributed by atoms with E-state index in [9.17, 15) is 4.39 Å². The summed E-state index contributed by atoms with van der Waals surface area (Å²) in [6.07, 6.45) is 0. The van der Waals surface area contributed by atoms with Crippen LogP contribution in [0.1, 0.15) is 0 Å². The molecule has 0 unspecified atom stereocenters. The Morgan fingerprint density at radius 3 is 2.79 bits per heavy atom. The monoisotopic (exact) mass is 258 g/mol. The maximum absolute atomic E-state index is 13.1. The van der Waals surface area contributed by atoms with Gasteiger partial charge in [0.2, 0.25) is 5.88 Å². The van der Waals surface area contributed by atoms with Crippen LogP contribution in [0.4, 0.5) is 10.1 Å².